The van der Waals surface area contributed by atoms with Crippen LogP contribution in [0.15, 0.2) is 18.2 Å². The highest BCUT2D eigenvalue weighted by Crippen LogP contribution is 2.26. The Balaban J connectivity index is 1.57. The second-order valence-corrected chi connectivity index (χ2v) is 5.75. The van der Waals surface area contributed by atoms with Crippen molar-refractivity contribution in [2.75, 3.05) is 6.54 Å². The van der Waals surface area contributed by atoms with Crippen LogP contribution < -0.4 is 10.1 Å². The summed E-state index contributed by atoms with van der Waals surface area (Å²) in [6.07, 6.45) is 8.07. The molecule has 1 aromatic carbocycles. The average molecular weight is 245 g/mol. The fraction of sp³-hybridized carbons (Fsp3) is 0.625. The van der Waals surface area contributed by atoms with Crippen molar-refractivity contribution in [3.05, 3.63) is 29.3 Å². The van der Waals surface area contributed by atoms with Crippen molar-refractivity contribution in [1.29, 1.82) is 0 Å². The summed E-state index contributed by atoms with van der Waals surface area (Å²) in [5, 5.41) is 3.51. The van der Waals surface area contributed by atoms with E-state index in [1.807, 2.05) is 0 Å². The van der Waals surface area contributed by atoms with Gasteiger partial charge in [0.15, 0.2) is 0 Å². The number of rotatable bonds is 5. The minimum Gasteiger partial charge on any atom is -0.489 e. The number of fused-ring (bicyclic) bond motifs is 1. The van der Waals surface area contributed by atoms with Gasteiger partial charge >= 0.3 is 0 Å². The average Bonchev–Trinajstić information content (AvgIpc) is 3.20. The third kappa shape index (κ3) is 3.05. The number of ether oxygens (including phenoxy) is 1. The standard InChI is InChI=1S/C16H23NO/c1-12(11-17-15-7-8-15)18-16-9-6-13-4-2-3-5-14(13)10-16/h6,9-10,12,15,17H,2-5,7-8,11H2,1H3. The maximum absolute atomic E-state index is 6.00. The van der Waals surface area contributed by atoms with Gasteiger partial charge in [0, 0.05) is 12.6 Å². The Hall–Kier alpha value is -1.02. The molecule has 1 fully saturated rings. The molecule has 1 saturated carbocycles. The van der Waals surface area contributed by atoms with Crippen molar-refractivity contribution in [1.82, 2.24) is 5.32 Å². The Morgan fingerprint density at radius 2 is 2.00 bits per heavy atom. The molecular formula is C16H23NO. The Bertz CT molecular complexity index is 412. The molecule has 0 heterocycles. The van der Waals surface area contributed by atoms with Crippen molar-refractivity contribution in [3.8, 4) is 5.75 Å². The topological polar surface area (TPSA) is 21.3 Å². The Kier molecular flexibility index (Phi) is 3.55. The number of hydrogen-bond donors (Lipinski definition) is 1. The normalized spacial score (nSPS) is 20.3. The number of aryl methyl sites for hydroxylation is 2. The van der Waals surface area contributed by atoms with Crippen LogP contribution in [-0.2, 0) is 12.8 Å². The summed E-state index contributed by atoms with van der Waals surface area (Å²) >= 11 is 0. The molecule has 0 saturated heterocycles. The van der Waals surface area contributed by atoms with Crippen LogP contribution in [0.4, 0.5) is 0 Å². The largest absolute Gasteiger partial charge is 0.489 e. The molecule has 2 heteroatoms. The van der Waals surface area contributed by atoms with Crippen molar-refractivity contribution >= 4 is 0 Å². The third-order valence-corrected chi connectivity index (χ3v) is 3.93. The van der Waals surface area contributed by atoms with E-state index >= 15 is 0 Å². The van der Waals surface area contributed by atoms with Gasteiger partial charge in [-0.2, -0.15) is 0 Å². The summed E-state index contributed by atoms with van der Waals surface area (Å²) in [7, 11) is 0. The predicted molar refractivity (Wildman–Crippen MR) is 74.2 cm³/mol. The molecule has 0 aromatic heterocycles. The molecule has 18 heavy (non-hydrogen) atoms. The van der Waals surface area contributed by atoms with E-state index < -0.39 is 0 Å². The van der Waals surface area contributed by atoms with Gasteiger partial charge in [0.1, 0.15) is 11.9 Å². The van der Waals surface area contributed by atoms with Crippen LogP contribution >= 0.6 is 0 Å². The van der Waals surface area contributed by atoms with Crippen LogP contribution in [0.1, 0.15) is 43.7 Å². The molecule has 0 spiro atoms. The van der Waals surface area contributed by atoms with E-state index in [2.05, 4.69) is 30.4 Å². The monoisotopic (exact) mass is 245 g/mol. The quantitative estimate of drug-likeness (QED) is 0.860. The molecule has 1 atom stereocenters. The SMILES string of the molecule is CC(CNC1CC1)Oc1ccc2c(c1)CCCC2. The fourth-order valence-corrected chi connectivity index (χ4v) is 2.68. The van der Waals surface area contributed by atoms with Crippen LogP contribution in [0.5, 0.6) is 5.75 Å². The molecule has 3 rings (SSSR count). The molecule has 0 aliphatic heterocycles. The minimum absolute atomic E-state index is 0.257. The van der Waals surface area contributed by atoms with Gasteiger partial charge in [-0.05, 0) is 68.7 Å². The molecule has 0 radical (unpaired) electrons. The first kappa shape index (κ1) is 12.0. The summed E-state index contributed by atoms with van der Waals surface area (Å²) in [5.41, 5.74) is 3.03. The molecule has 1 unspecified atom stereocenters. The number of benzene rings is 1. The molecule has 0 amide bonds. The zero-order valence-corrected chi connectivity index (χ0v) is 11.2. The second-order valence-electron chi connectivity index (χ2n) is 5.75. The molecule has 0 bridgehead atoms. The number of nitrogens with one attached hydrogen (secondary N) is 1. The van der Waals surface area contributed by atoms with E-state index in [9.17, 15) is 0 Å². The Labute approximate surface area is 110 Å². The van der Waals surface area contributed by atoms with Gasteiger partial charge in [-0.1, -0.05) is 6.07 Å². The predicted octanol–water partition coefficient (Wildman–Crippen LogP) is 3.08. The zero-order valence-electron chi connectivity index (χ0n) is 11.2. The van der Waals surface area contributed by atoms with Crippen LogP contribution in [-0.4, -0.2) is 18.7 Å². The summed E-state index contributed by atoms with van der Waals surface area (Å²) in [6, 6.07) is 7.41. The van der Waals surface area contributed by atoms with E-state index in [0.717, 1.165) is 18.3 Å². The summed E-state index contributed by atoms with van der Waals surface area (Å²) in [5.74, 6) is 1.04. The van der Waals surface area contributed by atoms with Gasteiger partial charge in [0.05, 0.1) is 0 Å². The van der Waals surface area contributed by atoms with E-state index in [4.69, 9.17) is 4.74 Å². The van der Waals surface area contributed by atoms with Crippen molar-refractivity contribution in [2.24, 2.45) is 0 Å². The maximum Gasteiger partial charge on any atom is 0.120 e. The van der Waals surface area contributed by atoms with E-state index in [1.165, 1.54) is 49.7 Å². The van der Waals surface area contributed by atoms with Gasteiger partial charge in [0.25, 0.3) is 0 Å². The number of hydrogen-bond acceptors (Lipinski definition) is 2. The van der Waals surface area contributed by atoms with Gasteiger partial charge in [-0.25, -0.2) is 0 Å². The van der Waals surface area contributed by atoms with E-state index in [-0.39, 0.29) is 6.10 Å². The van der Waals surface area contributed by atoms with Crippen LogP contribution in [0, 0.1) is 0 Å². The third-order valence-electron chi connectivity index (χ3n) is 3.93. The van der Waals surface area contributed by atoms with Crippen LogP contribution in [0.25, 0.3) is 0 Å². The lowest BCUT2D eigenvalue weighted by atomic mass is 9.92. The van der Waals surface area contributed by atoms with Crippen molar-refractivity contribution in [3.63, 3.8) is 0 Å². The summed E-state index contributed by atoms with van der Waals surface area (Å²) in [4.78, 5) is 0. The molecule has 98 valence electrons. The smallest absolute Gasteiger partial charge is 0.120 e. The first-order valence-electron chi connectivity index (χ1n) is 7.33. The highest BCUT2D eigenvalue weighted by molar-refractivity contribution is 5.37. The first-order valence-corrected chi connectivity index (χ1v) is 7.33. The molecule has 2 aliphatic carbocycles. The van der Waals surface area contributed by atoms with Crippen LogP contribution in [0.2, 0.25) is 0 Å². The van der Waals surface area contributed by atoms with Gasteiger partial charge < -0.3 is 10.1 Å². The lowest BCUT2D eigenvalue weighted by Gasteiger charge is -2.19. The van der Waals surface area contributed by atoms with Crippen LogP contribution in [0.3, 0.4) is 0 Å². The molecule has 2 nitrogen and oxygen atoms in total. The fourth-order valence-electron chi connectivity index (χ4n) is 2.68. The van der Waals surface area contributed by atoms with Gasteiger partial charge in [-0.3, -0.25) is 0 Å². The summed E-state index contributed by atoms with van der Waals surface area (Å²) in [6.45, 7) is 3.11. The zero-order chi connectivity index (χ0) is 12.4. The van der Waals surface area contributed by atoms with Gasteiger partial charge in [0.2, 0.25) is 0 Å². The lowest BCUT2D eigenvalue weighted by Crippen LogP contribution is -2.30. The van der Waals surface area contributed by atoms with E-state index in [0.29, 0.717) is 0 Å². The van der Waals surface area contributed by atoms with Crippen molar-refractivity contribution < 1.29 is 4.74 Å². The second kappa shape index (κ2) is 5.31. The Morgan fingerprint density at radius 1 is 1.22 bits per heavy atom. The molecule has 1 aromatic rings. The minimum atomic E-state index is 0.257. The molecular weight excluding hydrogens is 222 g/mol. The lowest BCUT2D eigenvalue weighted by molar-refractivity contribution is 0.216. The highest BCUT2D eigenvalue weighted by Gasteiger charge is 2.21. The Morgan fingerprint density at radius 3 is 2.78 bits per heavy atom. The van der Waals surface area contributed by atoms with Crippen molar-refractivity contribution in [2.45, 2.75) is 57.6 Å². The summed E-state index contributed by atoms with van der Waals surface area (Å²) < 4.78 is 6.00. The van der Waals surface area contributed by atoms with E-state index in [1.54, 1.807) is 0 Å². The maximum atomic E-state index is 6.00. The highest BCUT2D eigenvalue weighted by atomic mass is 16.5. The molecule has 2 aliphatic rings. The first-order chi connectivity index (χ1) is 8.81. The molecule has 1 N–H and O–H groups in total. The van der Waals surface area contributed by atoms with Gasteiger partial charge in [-0.15, -0.1) is 0 Å².